The van der Waals surface area contributed by atoms with Crippen molar-refractivity contribution in [3.63, 3.8) is 0 Å². The Morgan fingerprint density at radius 2 is 1.74 bits per heavy atom. The second-order valence-corrected chi connectivity index (χ2v) is 9.69. The first-order valence-electron chi connectivity index (χ1n) is 8.97. The summed E-state index contributed by atoms with van der Waals surface area (Å²) in [6, 6.07) is 19.0. The normalized spacial score (nSPS) is 22.1. The number of quaternary nitrogens is 1. The second kappa shape index (κ2) is 6.63. The van der Waals surface area contributed by atoms with Crippen LogP contribution in [0.3, 0.4) is 0 Å². The number of nitrogens with zero attached hydrogens (tertiary/aromatic N) is 1. The molecular weight excluding hydrogens is 378 g/mol. The lowest BCUT2D eigenvalue weighted by atomic mass is 10.1. The third-order valence-electron chi connectivity index (χ3n) is 5.14. The van der Waals surface area contributed by atoms with E-state index in [1.165, 1.54) is 0 Å². The Kier molecular flexibility index (Phi) is 4.55. The lowest BCUT2D eigenvalue weighted by Crippen LogP contribution is -2.53. The summed E-state index contributed by atoms with van der Waals surface area (Å²) < 4.78 is 32.2. The van der Waals surface area contributed by atoms with Gasteiger partial charge in [0.2, 0.25) is 0 Å². The van der Waals surface area contributed by atoms with E-state index in [2.05, 4.69) is 12.1 Å². The number of thioether (sulfide) groups is 1. The van der Waals surface area contributed by atoms with E-state index in [0.717, 1.165) is 26.9 Å². The van der Waals surface area contributed by atoms with Crippen molar-refractivity contribution in [1.29, 1.82) is 0 Å². The highest BCUT2D eigenvalue weighted by Crippen LogP contribution is 2.52. The summed E-state index contributed by atoms with van der Waals surface area (Å²) in [6.07, 6.45) is 0. The molecule has 1 aliphatic heterocycles. The molecule has 1 heterocycles. The minimum atomic E-state index is -3.92. The predicted octanol–water partition coefficient (Wildman–Crippen LogP) is 5.25. The van der Waals surface area contributed by atoms with Crippen LogP contribution in [0.1, 0.15) is 19.4 Å². The summed E-state index contributed by atoms with van der Waals surface area (Å²) in [5, 5.41) is 2.04. The Morgan fingerprint density at radius 1 is 1.04 bits per heavy atom. The molecule has 2 unspecified atom stereocenters. The third kappa shape index (κ3) is 2.97. The Balaban J connectivity index is 1.88. The van der Waals surface area contributed by atoms with Crippen LogP contribution in [0.2, 0.25) is 0 Å². The van der Waals surface area contributed by atoms with Gasteiger partial charge in [0.1, 0.15) is 6.54 Å². The quantitative estimate of drug-likeness (QED) is 0.561. The monoisotopic (exact) mass is 400 g/mol. The van der Waals surface area contributed by atoms with Crippen molar-refractivity contribution < 1.29 is 12.7 Å². The maximum absolute atomic E-state index is 13.1. The summed E-state index contributed by atoms with van der Waals surface area (Å²) in [5.74, 6) is 0. The first kappa shape index (κ1) is 18.5. The molecule has 1 aliphatic rings. The van der Waals surface area contributed by atoms with E-state index in [9.17, 15) is 8.42 Å². The van der Waals surface area contributed by atoms with Gasteiger partial charge in [-0.15, -0.1) is 4.65 Å². The molecule has 0 aromatic heterocycles. The van der Waals surface area contributed by atoms with Gasteiger partial charge in [0.15, 0.2) is 11.1 Å². The maximum Gasteiger partial charge on any atom is 0.343 e. The lowest BCUT2D eigenvalue weighted by Gasteiger charge is -2.33. The maximum atomic E-state index is 13.1. The number of aryl methyl sites for hydroxylation is 1. The largest absolute Gasteiger partial charge is 0.343 e. The molecular formula is C21H22NO3S2+. The molecule has 0 amide bonds. The van der Waals surface area contributed by atoms with Crippen LogP contribution in [0.15, 0.2) is 70.5 Å². The fraction of sp³-hybridized carbons (Fsp3) is 0.238. The van der Waals surface area contributed by atoms with E-state index < -0.39 is 10.1 Å². The van der Waals surface area contributed by atoms with Gasteiger partial charge in [0.05, 0.1) is 9.79 Å². The topological polar surface area (TPSA) is 43.4 Å². The molecule has 0 bridgehead atoms. The van der Waals surface area contributed by atoms with Crippen molar-refractivity contribution in [2.75, 3.05) is 6.54 Å². The zero-order valence-corrected chi connectivity index (χ0v) is 17.2. The molecule has 4 nitrogen and oxygen atoms in total. The van der Waals surface area contributed by atoms with Gasteiger partial charge in [-0.2, -0.15) is 8.42 Å². The molecule has 27 heavy (non-hydrogen) atoms. The zero-order valence-electron chi connectivity index (χ0n) is 15.5. The van der Waals surface area contributed by atoms with Gasteiger partial charge in [-0.1, -0.05) is 58.0 Å². The second-order valence-electron chi connectivity index (χ2n) is 6.80. The van der Waals surface area contributed by atoms with Crippen molar-refractivity contribution in [2.45, 2.75) is 35.9 Å². The van der Waals surface area contributed by atoms with E-state index in [0.29, 0.717) is 6.54 Å². The van der Waals surface area contributed by atoms with E-state index >= 15 is 0 Å². The van der Waals surface area contributed by atoms with Crippen molar-refractivity contribution >= 4 is 38.3 Å². The van der Waals surface area contributed by atoms with Crippen LogP contribution in [0, 0.1) is 6.92 Å². The SMILES string of the molecule is CC[N+]1(OS(=O)(=O)c2ccc(C)cc2)c2c(ccc3ccccc23)SC1C. The molecule has 0 aliphatic carbocycles. The van der Waals surface area contributed by atoms with Crippen LogP contribution < -0.4 is 4.65 Å². The first-order valence-corrected chi connectivity index (χ1v) is 11.3. The van der Waals surface area contributed by atoms with Crippen LogP contribution >= 0.6 is 11.8 Å². The first-order chi connectivity index (χ1) is 12.9. The van der Waals surface area contributed by atoms with Gasteiger partial charge in [-0.3, -0.25) is 0 Å². The number of fused-ring (bicyclic) bond motifs is 3. The Hall–Kier alpha value is -1.86. The molecule has 0 spiro atoms. The highest BCUT2D eigenvalue weighted by Gasteiger charge is 2.51. The van der Waals surface area contributed by atoms with Crippen molar-refractivity contribution in [1.82, 2.24) is 4.65 Å². The minimum absolute atomic E-state index is 0.0441. The van der Waals surface area contributed by atoms with E-state index in [1.54, 1.807) is 36.0 Å². The minimum Gasteiger partial charge on any atom is -0.189 e. The predicted molar refractivity (Wildman–Crippen MR) is 111 cm³/mol. The van der Waals surface area contributed by atoms with Crippen LogP contribution in [0.4, 0.5) is 5.69 Å². The van der Waals surface area contributed by atoms with Crippen LogP contribution in [0.5, 0.6) is 0 Å². The lowest BCUT2D eigenvalue weighted by molar-refractivity contribution is -0.0400. The molecule has 0 N–H and O–H groups in total. The van der Waals surface area contributed by atoms with E-state index in [1.807, 2.05) is 45.0 Å². The van der Waals surface area contributed by atoms with Gasteiger partial charge in [0.25, 0.3) is 0 Å². The average molecular weight is 401 g/mol. The van der Waals surface area contributed by atoms with Gasteiger partial charge in [0, 0.05) is 12.3 Å². The molecule has 3 aromatic carbocycles. The summed E-state index contributed by atoms with van der Waals surface area (Å²) >= 11 is 1.66. The fourth-order valence-electron chi connectivity index (χ4n) is 3.66. The summed E-state index contributed by atoms with van der Waals surface area (Å²) in [7, 11) is -3.92. The Morgan fingerprint density at radius 3 is 2.44 bits per heavy atom. The average Bonchev–Trinajstić information content (AvgIpc) is 2.94. The fourth-order valence-corrected chi connectivity index (χ4v) is 6.29. The molecule has 0 saturated heterocycles. The van der Waals surface area contributed by atoms with Gasteiger partial charge >= 0.3 is 10.1 Å². The van der Waals surface area contributed by atoms with E-state index in [-0.39, 0.29) is 14.9 Å². The van der Waals surface area contributed by atoms with Crippen LogP contribution in [-0.2, 0) is 14.4 Å². The standard InChI is InChI=1S/C21H22NO3S2/c1-4-22(25-27(23,24)18-12-9-15(2)10-13-18)16(3)26-20-14-11-17-7-5-6-8-19(17)21(20)22/h5-14,16H,4H2,1-3H3/q+1. The molecule has 0 fully saturated rings. The van der Waals surface area contributed by atoms with Crippen molar-refractivity contribution in [3.05, 3.63) is 66.2 Å². The molecule has 140 valence electrons. The molecule has 0 radical (unpaired) electrons. The molecule has 0 saturated carbocycles. The Labute approximate surface area is 164 Å². The molecule has 3 aromatic rings. The number of rotatable bonds is 4. The summed E-state index contributed by atoms with van der Waals surface area (Å²) in [4.78, 5) is 1.26. The smallest absolute Gasteiger partial charge is 0.189 e. The number of hydroxylamine groups is 2. The number of hydrogen-bond donors (Lipinski definition) is 0. The summed E-state index contributed by atoms with van der Waals surface area (Å²) in [6.45, 7) is 6.44. The zero-order chi connectivity index (χ0) is 19.2. The highest BCUT2D eigenvalue weighted by molar-refractivity contribution is 8.00. The van der Waals surface area contributed by atoms with Gasteiger partial charge < -0.3 is 0 Å². The summed E-state index contributed by atoms with van der Waals surface area (Å²) in [5.41, 5.74) is 1.94. The van der Waals surface area contributed by atoms with Crippen LogP contribution in [-0.4, -0.2) is 20.3 Å². The molecule has 4 rings (SSSR count). The number of hydrogen-bond acceptors (Lipinski definition) is 4. The molecule has 6 heteroatoms. The van der Waals surface area contributed by atoms with Gasteiger partial charge in [-0.25, -0.2) is 0 Å². The van der Waals surface area contributed by atoms with E-state index in [4.69, 9.17) is 4.28 Å². The van der Waals surface area contributed by atoms with Crippen molar-refractivity contribution in [2.24, 2.45) is 0 Å². The van der Waals surface area contributed by atoms with Crippen molar-refractivity contribution in [3.8, 4) is 0 Å². The van der Waals surface area contributed by atoms with Gasteiger partial charge in [-0.05, 0) is 43.5 Å². The van der Waals surface area contributed by atoms with Crippen LogP contribution in [0.25, 0.3) is 10.8 Å². The highest BCUT2D eigenvalue weighted by atomic mass is 32.2. The third-order valence-corrected chi connectivity index (χ3v) is 7.71. The molecule has 2 atom stereocenters. The number of benzene rings is 3. The Bertz CT molecular complexity index is 1110.